The first-order chi connectivity index (χ1) is 9.54. The van der Waals surface area contributed by atoms with Crippen LogP contribution >= 0.6 is 0 Å². The molecule has 0 saturated heterocycles. The number of nitrogens with one attached hydrogen (secondary N) is 1. The molecule has 112 valence electrons. The summed E-state index contributed by atoms with van der Waals surface area (Å²) in [4.78, 5) is 11.1. The first-order valence-corrected chi connectivity index (χ1v) is 6.86. The number of hydrogen-bond donors (Lipinski definition) is 3. The van der Waals surface area contributed by atoms with Crippen molar-refractivity contribution < 1.29 is 19.7 Å². The molecule has 0 spiro atoms. The van der Waals surface area contributed by atoms with Crippen molar-refractivity contribution in [2.45, 2.75) is 32.4 Å². The molecule has 1 aromatic carbocycles. The number of aliphatic carboxylic acids is 1. The van der Waals surface area contributed by atoms with Crippen LogP contribution in [0.15, 0.2) is 30.3 Å². The van der Waals surface area contributed by atoms with Gasteiger partial charge in [0.25, 0.3) is 0 Å². The van der Waals surface area contributed by atoms with Crippen molar-refractivity contribution in [2.24, 2.45) is 5.92 Å². The van der Waals surface area contributed by atoms with Crippen LogP contribution in [0, 0.1) is 5.92 Å². The fraction of sp³-hybridized carbons (Fsp3) is 0.533. The lowest BCUT2D eigenvalue weighted by molar-refractivity contribution is -0.141. The topological polar surface area (TPSA) is 78.8 Å². The Bertz CT molecular complexity index is 396. The van der Waals surface area contributed by atoms with Gasteiger partial charge >= 0.3 is 5.97 Å². The van der Waals surface area contributed by atoms with Gasteiger partial charge in [-0.25, -0.2) is 0 Å². The van der Waals surface area contributed by atoms with Crippen molar-refractivity contribution >= 4 is 5.97 Å². The maximum Gasteiger partial charge on any atom is 0.320 e. The average Bonchev–Trinajstić information content (AvgIpc) is 2.45. The van der Waals surface area contributed by atoms with Gasteiger partial charge in [-0.05, 0) is 18.1 Å². The van der Waals surface area contributed by atoms with Crippen LogP contribution in [-0.2, 0) is 4.79 Å². The van der Waals surface area contributed by atoms with Crippen LogP contribution in [0.2, 0.25) is 0 Å². The highest BCUT2D eigenvalue weighted by molar-refractivity contribution is 5.73. The zero-order valence-electron chi connectivity index (χ0n) is 12.0. The lowest BCUT2D eigenvalue weighted by Crippen LogP contribution is -2.45. The van der Waals surface area contributed by atoms with Gasteiger partial charge in [0.05, 0.1) is 0 Å². The molecule has 0 radical (unpaired) electrons. The van der Waals surface area contributed by atoms with Crippen molar-refractivity contribution in [3.8, 4) is 5.75 Å². The lowest BCUT2D eigenvalue weighted by atomic mass is 9.99. The summed E-state index contributed by atoms with van der Waals surface area (Å²) in [7, 11) is 0. The molecule has 1 aromatic rings. The minimum atomic E-state index is -0.893. The Hall–Kier alpha value is -1.59. The number of carboxylic acids is 1. The molecular formula is C15H23NO4. The number of ether oxygens (including phenoxy) is 1. The van der Waals surface area contributed by atoms with Crippen LogP contribution < -0.4 is 10.1 Å². The molecule has 0 aliphatic rings. The monoisotopic (exact) mass is 281 g/mol. The van der Waals surface area contributed by atoms with Crippen molar-refractivity contribution in [2.75, 3.05) is 13.2 Å². The van der Waals surface area contributed by atoms with Gasteiger partial charge < -0.3 is 20.3 Å². The molecule has 0 aliphatic carbocycles. The average molecular weight is 281 g/mol. The van der Waals surface area contributed by atoms with Gasteiger partial charge in [0.15, 0.2) is 0 Å². The number of rotatable bonds is 9. The van der Waals surface area contributed by atoms with E-state index in [0.717, 1.165) is 6.42 Å². The highest BCUT2D eigenvalue weighted by Crippen LogP contribution is 2.09. The van der Waals surface area contributed by atoms with E-state index in [1.165, 1.54) is 0 Å². The van der Waals surface area contributed by atoms with E-state index in [-0.39, 0.29) is 19.1 Å². The molecule has 0 aliphatic heterocycles. The Labute approximate surface area is 119 Å². The predicted octanol–water partition coefficient (Wildman–Crippen LogP) is 1.52. The van der Waals surface area contributed by atoms with Crippen molar-refractivity contribution in [3.05, 3.63) is 30.3 Å². The highest BCUT2D eigenvalue weighted by Gasteiger charge is 2.23. The van der Waals surface area contributed by atoms with E-state index in [1.54, 1.807) is 12.1 Å². The Morgan fingerprint density at radius 1 is 1.35 bits per heavy atom. The zero-order valence-corrected chi connectivity index (χ0v) is 12.0. The second-order valence-corrected chi connectivity index (χ2v) is 4.89. The first-order valence-electron chi connectivity index (χ1n) is 6.86. The molecule has 0 saturated carbocycles. The van der Waals surface area contributed by atoms with Gasteiger partial charge in [-0.3, -0.25) is 4.79 Å². The maximum atomic E-state index is 11.1. The largest absolute Gasteiger partial charge is 0.491 e. The number of hydrogen-bond acceptors (Lipinski definition) is 4. The molecular weight excluding hydrogens is 258 g/mol. The van der Waals surface area contributed by atoms with Crippen molar-refractivity contribution in [3.63, 3.8) is 0 Å². The van der Waals surface area contributed by atoms with Crippen LogP contribution in [0.5, 0.6) is 5.75 Å². The summed E-state index contributed by atoms with van der Waals surface area (Å²) in [6.07, 6.45) is 0.0155. The van der Waals surface area contributed by atoms with Crippen LogP contribution in [0.4, 0.5) is 0 Å². The lowest BCUT2D eigenvalue weighted by Gasteiger charge is -2.22. The molecule has 0 bridgehead atoms. The van der Waals surface area contributed by atoms with E-state index < -0.39 is 18.1 Å². The van der Waals surface area contributed by atoms with E-state index in [0.29, 0.717) is 5.75 Å². The molecule has 0 unspecified atom stereocenters. The Morgan fingerprint density at radius 3 is 2.55 bits per heavy atom. The van der Waals surface area contributed by atoms with E-state index in [1.807, 2.05) is 32.0 Å². The molecule has 5 heteroatoms. The molecule has 0 fully saturated rings. The molecule has 3 N–H and O–H groups in total. The smallest absolute Gasteiger partial charge is 0.320 e. The summed E-state index contributed by atoms with van der Waals surface area (Å²) in [5.74, 6) is -0.200. The van der Waals surface area contributed by atoms with E-state index >= 15 is 0 Å². The van der Waals surface area contributed by atoms with Crippen LogP contribution in [-0.4, -0.2) is 41.5 Å². The standard InChI is InChI=1S/C15H23NO4/c1-3-11(2)14(15(18)19)16-9-12(17)10-20-13-7-5-4-6-8-13/h4-8,11-12,14,16-17H,3,9-10H2,1-2H3,(H,18,19)/t11-,12+,14+/m0/s1. The van der Waals surface area contributed by atoms with E-state index in [4.69, 9.17) is 9.84 Å². The third-order valence-corrected chi connectivity index (χ3v) is 3.24. The SMILES string of the molecule is CC[C@H](C)[C@@H](NC[C@@H](O)COc1ccccc1)C(=O)O. The number of carbonyl (C=O) groups is 1. The van der Waals surface area contributed by atoms with Crippen LogP contribution in [0.25, 0.3) is 0 Å². The molecule has 0 heterocycles. The maximum absolute atomic E-state index is 11.1. The number of aliphatic hydroxyl groups is 1. The molecule has 20 heavy (non-hydrogen) atoms. The minimum absolute atomic E-state index is 0.00902. The van der Waals surface area contributed by atoms with Gasteiger partial charge in [-0.15, -0.1) is 0 Å². The number of benzene rings is 1. The quantitative estimate of drug-likeness (QED) is 0.639. The second-order valence-electron chi connectivity index (χ2n) is 4.89. The third kappa shape index (κ3) is 5.59. The summed E-state index contributed by atoms with van der Waals surface area (Å²) in [6, 6.07) is 8.55. The van der Waals surface area contributed by atoms with Gasteiger partial charge in [0.2, 0.25) is 0 Å². The fourth-order valence-corrected chi connectivity index (χ4v) is 1.80. The molecule has 0 amide bonds. The fourth-order valence-electron chi connectivity index (χ4n) is 1.80. The zero-order chi connectivity index (χ0) is 15.0. The third-order valence-electron chi connectivity index (χ3n) is 3.24. The van der Waals surface area contributed by atoms with Crippen LogP contribution in [0.3, 0.4) is 0 Å². The van der Waals surface area contributed by atoms with Gasteiger partial charge in [-0.2, -0.15) is 0 Å². The van der Waals surface area contributed by atoms with Gasteiger partial charge in [0.1, 0.15) is 24.5 Å². The van der Waals surface area contributed by atoms with Crippen LogP contribution in [0.1, 0.15) is 20.3 Å². The molecule has 0 aromatic heterocycles. The summed E-state index contributed by atoms with van der Waals surface area (Å²) in [5.41, 5.74) is 0. The second kappa shape index (κ2) is 8.55. The number of aliphatic hydroxyl groups excluding tert-OH is 1. The predicted molar refractivity (Wildman–Crippen MR) is 76.8 cm³/mol. The normalized spacial score (nSPS) is 15.3. The summed E-state index contributed by atoms with van der Waals surface area (Å²) < 4.78 is 5.41. The van der Waals surface area contributed by atoms with E-state index in [2.05, 4.69) is 5.32 Å². The van der Waals surface area contributed by atoms with E-state index in [9.17, 15) is 9.90 Å². The minimum Gasteiger partial charge on any atom is -0.491 e. The van der Waals surface area contributed by atoms with Crippen molar-refractivity contribution in [1.82, 2.24) is 5.32 Å². The summed E-state index contributed by atoms with van der Waals surface area (Å²) >= 11 is 0. The van der Waals surface area contributed by atoms with Gasteiger partial charge in [-0.1, -0.05) is 38.5 Å². The summed E-state index contributed by atoms with van der Waals surface area (Å²) in [5, 5.41) is 21.8. The Balaban J connectivity index is 2.34. The summed E-state index contributed by atoms with van der Waals surface area (Å²) in [6.45, 7) is 4.13. The first kappa shape index (κ1) is 16.5. The number of carboxylic acid groups (broad SMARTS) is 1. The molecule has 3 atom stereocenters. The highest BCUT2D eigenvalue weighted by atomic mass is 16.5. The van der Waals surface area contributed by atoms with Crippen molar-refractivity contribution in [1.29, 1.82) is 0 Å². The molecule has 1 rings (SSSR count). The number of para-hydroxylation sites is 1. The Morgan fingerprint density at radius 2 is 2.00 bits per heavy atom. The molecule has 5 nitrogen and oxygen atoms in total. The Kier molecular flexibility index (Phi) is 7.04. The van der Waals surface area contributed by atoms with Gasteiger partial charge in [0, 0.05) is 6.54 Å².